The van der Waals surface area contributed by atoms with E-state index in [2.05, 4.69) is 17.0 Å². The van der Waals surface area contributed by atoms with E-state index in [4.69, 9.17) is 4.42 Å². The largest absolute Gasteiger partial charge is 0.464 e. The Morgan fingerprint density at radius 1 is 0.875 bits per heavy atom. The Balaban J connectivity index is 1.29. The molecule has 2 fully saturated rings. The van der Waals surface area contributed by atoms with Crippen LogP contribution in [0.1, 0.15) is 24.0 Å². The molecule has 5 rings (SSSR count). The van der Waals surface area contributed by atoms with Gasteiger partial charge in [-0.2, -0.15) is 0 Å². The van der Waals surface area contributed by atoms with Crippen LogP contribution in [-0.2, 0) is 17.9 Å². The number of carbonyl (C=O) groups excluding carboxylic acids is 2. The molecule has 3 amide bonds. The second kappa shape index (κ2) is 8.28. The number of hydrogen-bond acceptors (Lipinski definition) is 4. The highest BCUT2D eigenvalue weighted by molar-refractivity contribution is 6.06. The average molecular weight is 430 g/mol. The number of rotatable bonds is 5. The molecule has 0 aliphatic carbocycles. The van der Waals surface area contributed by atoms with Crippen LogP contribution in [-0.4, -0.2) is 52.3 Å². The minimum Gasteiger partial charge on any atom is -0.464 e. The number of furan rings is 1. The number of carbonyl (C=O) groups is 2. The van der Waals surface area contributed by atoms with Crippen molar-refractivity contribution in [2.24, 2.45) is 0 Å². The lowest BCUT2D eigenvalue weighted by Crippen LogP contribution is -2.55. The fourth-order valence-corrected chi connectivity index (χ4v) is 4.95. The maximum atomic E-state index is 13.4. The third-order valence-corrected chi connectivity index (χ3v) is 6.87. The van der Waals surface area contributed by atoms with Crippen molar-refractivity contribution >= 4 is 11.9 Å². The normalized spacial score (nSPS) is 18.7. The lowest BCUT2D eigenvalue weighted by Gasteiger charge is -2.41. The van der Waals surface area contributed by atoms with Crippen LogP contribution in [0, 0.1) is 0 Å². The molecule has 0 atom stereocenters. The molecule has 3 heterocycles. The molecule has 1 spiro atoms. The smallest absolute Gasteiger partial charge is 0.327 e. The molecule has 0 N–H and O–H groups in total. The summed E-state index contributed by atoms with van der Waals surface area (Å²) < 4.78 is 5.61. The SMILES string of the molecule is CN1C(=O)N(Cc2ccccc2)C(=O)C12CCN(Cc1ccccc1-c1ccco1)CC2. The zero-order chi connectivity index (χ0) is 22.1. The minimum atomic E-state index is -0.733. The first kappa shape index (κ1) is 20.5. The predicted molar refractivity (Wildman–Crippen MR) is 122 cm³/mol. The molecule has 0 unspecified atom stereocenters. The first-order chi connectivity index (χ1) is 15.6. The fourth-order valence-electron chi connectivity index (χ4n) is 4.95. The van der Waals surface area contributed by atoms with Gasteiger partial charge in [-0.05, 0) is 36.1 Å². The van der Waals surface area contributed by atoms with Crippen LogP contribution in [0.3, 0.4) is 0 Å². The standard InChI is InChI=1S/C26H27N3O3/c1-27-25(31)29(18-20-8-3-2-4-9-20)24(30)26(27)13-15-28(16-14-26)19-21-10-5-6-11-22(21)23-12-7-17-32-23/h2-12,17H,13-16,18-19H2,1H3. The van der Waals surface area contributed by atoms with Crippen LogP contribution in [0.15, 0.2) is 77.4 Å². The predicted octanol–water partition coefficient (Wildman–Crippen LogP) is 4.38. The minimum absolute atomic E-state index is 0.0653. The molecular formula is C26H27N3O3. The molecule has 32 heavy (non-hydrogen) atoms. The van der Waals surface area contributed by atoms with Crippen molar-refractivity contribution in [2.75, 3.05) is 20.1 Å². The molecular weight excluding hydrogens is 402 g/mol. The van der Waals surface area contributed by atoms with Gasteiger partial charge >= 0.3 is 6.03 Å². The van der Waals surface area contributed by atoms with Crippen molar-refractivity contribution < 1.29 is 14.0 Å². The van der Waals surface area contributed by atoms with Crippen molar-refractivity contribution in [1.29, 1.82) is 0 Å². The van der Waals surface area contributed by atoms with Crippen molar-refractivity contribution in [1.82, 2.24) is 14.7 Å². The summed E-state index contributed by atoms with van der Waals surface area (Å²) in [6.07, 6.45) is 2.97. The van der Waals surface area contributed by atoms with Gasteiger partial charge in [-0.1, -0.05) is 54.6 Å². The maximum absolute atomic E-state index is 13.4. The highest BCUT2D eigenvalue weighted by Gasteiger charge is 2.56. The summed E-state index contributed by atoms with van der Waals surface area (Å²) in [6, 6.07) is 21.6. The van der Waals surface area contributed by atoms with Gasteiger partial charge in [0.1, 0.15) is 11.3 Å². The van der Waals surface area contributed by atoms with Gasteiger partial charge in [0.25, 0.3) is 5.91 Å². The zero-order valence-corrected chi connectivity index (χ0v) is 18.2. The van der Waals surface area contributed by atoms with Gasteiger partial charge in [0.15, 0.2) is 0 Å². The lowest BCUT2D eigenvalue weighted by atomic mass is 9.86. The van der Waals surface area contributed by atoms with Crippen LogP contribution >= 0.6 is 0 Å². The molecule has 0 saturated carbocycles. The highest BCUT2D eigenvalue weighted by Crippen LogP contribution is 2.37. The van der Waals surface area contributed by atoms with Crippen molar-refractivity contribution in [2.45, 2.75) is 31.5 Å². The summed E-state index contributed by atoms with van der Waals surface area (Å²) in [4.78, 5) is 31.8. The number of urea groups is 1. The zero-order valence-electron chi connectivity index (χ0n) is 18.2. The first-order valence-corrected chi connectivity index (χ1v) is 11.1. The number of piperidine rings is 1. The van der Waals surface area contributed by atoms with Gasteiger partial charge in [0.2, 0.25) is 0 Å². The van der Waals surface area contributed by atoms with E-state index in [0.29, 0.717) is 19.4 Å². The molecule has 0 radical (unpaired) electrons. The second-order valence-corrected chi connectivity index (χ2v) is 8.66. The Kier molecular flexibility index (Phi) is 5.31. The van der Waals surface area contributed by atoms with Crippen LogP contribution in [0.4, 0.5) is 4.79 Å². The number of nitrogens with zero attached hydrogens (tertiary/aromatic N) is 3. The summed E-state index contributed by atoms with van der Waals surface area (Å²) in [5.74, 6) is 0.798. The number of likely N-dealkylation sites (N-methyl/N-ethyl adjacent to an activating group) is 1. The van der Waals surface area contributed by atoms with Gasteiger partial charge in [-0.15, -0.1) is 0 Å². The van der Waals surface area contributed by atoms with Gasteiger partial charge in [0.05, 0.1) is 12.8 Å². The van der Waals surface area contributed by atoms with Crippen LogP contribution < -0.4 is 0 Å². The van der Waals surface area contributed by atoms with Gasteiger partial charge in [-0.3, -0.25) is 14.6 Å². The summed E-state index contributed by atoms with van der Waals surface area (Å²) in [5.41, 5.74) is 2.53. The Bertz CT molecular complexity index is 1100. The van der Waals surface area contributed by atoms with Crippen LogP contribution in [0.5, 0.6) is 0 Å². The van der Waals surface area contributed by atoms with Gasteiger partial charge in [-0.25, -0.2) is 4.79 Å². The first-order valence-electron chi connectivity index (χ1n) is 11.1. The summed E-state index contributed by atoms with van der Waals surface area (Å²) in [7, 11) is 1.77. The number of benzene rings is 2. The van der Waals surface area contributed by atoms with E-state index in [1.54, 1.807) is 18.2 Å². The highest BCUT2D eigenvalue weighted by atomic mass is 16.3. The van der Waals surface area contributed by atoms with Crippen molar-refractivity contribution in [3.8, 4) is 11.3 Å². The number of amides is 3. The van der Waals surface area contributed by atoms with Crippen molar-refractivity contribution in [3.05, 3.63) is 84.1 Å². The molecule has 0 bridgehead atoms. The van der Waals surface area contributed by atoms with E-state index in [1.807, 2.05) is 54.6 Å². The van der Waals surface area contributed by atoms with Crippen LogP contribution in [0.25, 0.3) is 11.3 Å². The number of likely N-dealkylation sites (tertiary alicyclic amines) is 1. The Labute approximate surface area is 188 Å². The van der Waals surface area contributed by atoms with E-state index in [1.165, 1.54) is 10.5 Å². The third-order valence-electron chi connectivity index (χ3n) is 6.87. The van der Waals surface area contributed by atoms with E-state index < -0.39 is 5.54 Å². The Morgan fingerprint density at radius 3 is 2.31 bits per heavy atom. The molecule has 6 heteroatoms. The topological polar surface area (TPSA) is 57.0 Å². The quantitative estimate of drug-likeness (QED) is 0.565. The summed E-state index contributed by atoms with van der Waals surface area (Å²) in [6.45, 7) is 2.63. The Hall–Kier alpha value is -3.38. The third kappa shape index (κ3) is 3.50. The molecule has 6 nitrogen and oxygen atoms in total. The number of imide groups is 1. The van der Waals surface area contributed by atoms with E-state index in [-0.39, 0.29) is 11.9 Å². The second-order valence-electron chi connectivity index (χ2n) is 8.66. The molecule has 2 aliphatic rings. The number of hydrogen-bond donors (Lipinski definition) is 0. The molecule has 2 aliphatic heterocycles. The van der Waals surface area contributed by atoms with Gasteiger partial charge < -0.3 is 9.32 Å². The van der Waals surface area contributed by atoms with E-state index in [9.17, 15) is 9.59 Å². The Morgan fingerprint density at radius 2 is 1.59 bits per heavy atom. The summed E-state index contributed by atoms with van der Waals surface area (Å²) >= 11 is 0. The molecule has 2 aromatic carbocycles. The molecule has 164 valence electrons. The maximum Gasteiger partial charge on any atom is 0.327 e. The molecule has 3 aromatic rings. The molecule has 2 saturated heterocycles. The van der Waals surface area contributed by atoms with Crippen molar-refractivity contribution in [3.63, 3.8) is 0 Å². The lowest BCUT2D eigenvalue weighted by molar-refractivity contribution is -0.135. The van der Waals surface area contributed by atoms with E-state index in [0.717, 1.165) is 36.5 Å². The van der Waals surface area contributed by atoms with E-state index >= 15 is 0 Å². The van der Waals surface area contributed by atoms with Gasteiger partial charge in [0, 0.05) is 32.2 Å². The monoisotopic (exact) mass is 429 g/mol. The molecule has 1 aromatic heterocycles. The summed E-state index contributed by atoms with van der Waals surface area (Å²) in [5, 5.41) is 0. The van der Waals surface area contributed by atoms with Crippen LogP contribution in [0.2, 0.25) is 0 Å². The fraction of sp³-hybridized carbons (Fsp3) is 0.308. The average Bonchev–Trinajstić information content (AvgIpc) is 3.42.